The maximum Gasteiger partial charge on any atom is 0.281 e. The Labute approximate surface area is 155 Å². The molecule has 0 bridgehead atoms. The Morgan fingerprint density at radius 2 is 1.84 bits per heavy atom. The molecule has 0 spiro atoms. The van der Waals surface area contributed by atoms with Crippen LogP contribution in [0.1, 0.15) is 5.56 Å². The standard InChI is InChI=1S/C18H15ClN2O3S/c1-23-13-6-4-12(5-7-13)21-17(22)15(20-18(21)25)10-11-3-8-16(24-2)14(19)9-11/h3-10H,1-2H3,(H,20,25)/b15-10-. The second-order valence-electron chi connectivity index (χ2n) is 5.22. The number of rotatable bonds is 4. The molecule has 1 heterocycles. The first-order valence-corrected chi connectivity index (χ1v) is 8.17. The topological polar surface area (TPSA) is 50.8 Å². The molecule has 0 saturated carbocycles. The minimum atomic E-state index is -0.234. The number of carbonyl (C=O) groups excluding carboxylic acids is 1. The monoisotopic (exact) mass is 374 g/mol. The Morgan fingerprint density at radius 3 is 2.44 bits per heavy atom. The van der Waals surface area contributed by atoms with Crippen molar-refractivity contribution in [2.75, 3.05) is 19.1 Å². The maximum absolute atomic E-state index is 12.7. The van der Waals surface area contributed by atoms with Gasteiger partial charge in [0.05, 0.1) is 24.9 Å². The Morgan fingerprint density at radius 1 is 1.12 bits per heavy atom. The fourth-order valence-corrected chi connectivity index (χ4v) is 3.00. The quantitative estimate of drug-likeness (QED) is 0.654. The molecule has 3 rings (SSSR count). The van der Waals surface area contributed by atoms with Gasteiger partial charge in [-0.2, -0.15) is 0 Å². The third-order valence-corrected chi connectivity index (χ3v) is 4.28. The van der Waals surface area contributed by atoms with Crippen LogP contribution in [0.15, 0.2) is 48.2 Å². The van der Waals surface area contributed by atoms with Gasteiger partial charge >= 0.3 is 0 Å². The van der Waals surface area contributed by atoms with Crippen LogP contribution in [-0.4, -0.2) is 25.2 Å². The van der Waals surface area contributed by atoms with Gasteiger partial charge in [0.15, 0.2) is 5.11 Å². The van der Waals surface area contributed by atoms with Crippen molar-refractivity contribution in [1.29, 1.82) is 0 Å². The number of anilines is 1. The Balaban J connectivity index is 1.88. The van der Waals surface area contributed by atoms with Crippen LogP contribution in [0.5, 0.6) is 11.5 Å². The zero-order valence-corrected chi connectivity index (χ0v) is 15.1. The largest absolute Gasteiger partial charge is 0.497 e. The van der Waals surface area contributed by atoms with Gasteiger partial charge in [-0.25, -0.2) is 0 Å². The van der Waals surface area contributed by atoms with E-state index in [1.165, 1.54) is 4.90 Å². The van der Waals surface area contributed by atoms with E-state index < -0.39 is 0 Å². The number of thiocarbonyl (C=S) groups is 1. The fraction of sp³-hybridized carbons (Fsp3) is 0.111. The van der Waals surface area contributed by atoms with Crippen molar-refractivity contribution in [1.82, 2.24) is 5.32 Å². The summed E-state index contributed by atoms with van der Waals surface area (Å²) in [7, 11) is 3.13. The molecule has 1 amide bonds. The van der Waals surface area contributed by atoms with E-state index in [2.05, 4.69) is 5.32 Å². The highest BCUT2D eigenvalue weighted by atomic mass is 35.5. The van der Waals surface area contributed by atoms with Crippen LogP contribution in [0.25, 0.3) is 6.08 Å². The summed E-state index contributed by atoms with van der Waals surface area (Å²) in [6.07, 6.45) is 1.70. The van der Waals surface area contributed by atoms with Crippen molar-refractivity contribution >= 4 is 46.6 Å². The number of hydrogen-bond donors (Lipinski definition) is 1. The van der Waals surface area contributed by atoms with Crippen molar-refractivity contribution in [3.63, 3.8) is 0 Å². The van der Waals surface area contributed by atoms with Gasteiger partial charge in [-0.05, 0) is 60.3 Å². The summed E-state index contributed by atoms with van der Waals surface area (Å²) in [6.45, 7) is 0. The molecule has 2 aromatic rings. The van der Waals surface area contributed by atoms with Crippen LogP contribution < -0.4 is 19.7 Å². The summed E-state index contributed by atoms with van der Waals surface area (Å²) in [5, 5.41) is 3.73. The Hall–Kier alpha value is -2.57. The molecule has 0 aliphatic carbocycles. The predicted molar refractivity (Wildman–Crippen MR) is 102 cm³/mol. The minimum absolute atomic E-state index is 0.234. The summed E-state index contributed by atoms with van der Waals surface area (Å²) in [4.78, 5) is 14.1. The van der Waals surface area contributed by atoms with Gasteiger partial charge in [-0.15, -0.1) is 0 Å². The van der Waals surface area contributed by atoms with E-state index in [1.54, 1.807) is 56.7 Å². The summed E-state index contributed by atoms with van der Waals surface area (Å²) in [5.41, 5.74) is 1.81. The zero-order valence-electron chi connectivity index (χ0n) is 13.6. The molecular weight excluding hydrogens is 360 g/mol. The molecule has 1 N–H and O–H groups in total. The van der Waals surface area contributed by atoms with Crippen LogP contribution >= 0.6 is 23.8 Å². The lowest BCUT2D eigenvalue weighted by atomic mass is 10.2. The van der Waals surface area contributed by atoms with Gasteiger partial charge in [0.2, 0.25) is 0 Å². The highest BCUT2D eigenvalue weighted by Gasteiger charge is 2.31. The van der Waals surface area contributed by atoms with E-state index >= 15 is 0 Å². The molecule has 1 saturated heterocycles. The third kappa shape index (κ3) is 3.45. The van der Waals surface area contributed by atoms with Crippen LogP contribution in [-0.2, 0) is 4.79 Å². The molecule has 1 fully saturated rings. The lowest BCUT2D eigenvalue weighted by Gasteiger charge is -2.14. The summed E-state index contributed by atoms with van der Waals surface area (Å²) in [6, 6.07) is 12.4. The molecule has 1 aliphatic rings. The number of amides is 1. The zero-order chi connectivity index (χ0) is 18.0. The second kappa shape index (κ2) is 7.13. The van der Waals surface area contributed by atoms with E-state index in [0.717, 1.165) is 5.56 Å². The third-order valence-electron chi connectivity index (χ3n) is 3.70. The maximum atomic E-state index is 12.7. The lowest BCUT2D eigenvalue weighted by molar-refractivity contribution is -0.113. The number of nitrogens with zero attached hydrogens (tertiary/aromatic N) is 1. The number of nitrogens with one attached hydrogen (secondary N) is 1. The van der Waals surface area contributed by atoms with Gasteiger partial charge in [0.25, 0.3) is 5.91 Å². The van der Waals surface area contributed by atoms with Gasteiger partial charge in [0.1, 0.15) is 17.2 Å². The van der Waals surface area contributed by atoms with Crippen molar-refractivity contribution in [2.24, 2.45) is 0 Å². The normalized spacial score (nSPS) is 15.5. The highest BCUT2D eigenvalue weighted by molar-refractivity contribution is 7.80. The van der Waals surface area contributed by atoms with Crippen molar-refractivity contribution < 1.29 is 14.3 Å². The summed E-state index contributed by atoms with van der Waals surface area (Å²) >= 11 is 11.4. The van der Waals surface area contributed by atoms with E-state index in [1.807, 2.05) is 6.07 Å². The molecule has 7 heteroatoms. The molecule has 1 aliphatic heterocycles. The SMILES string of the molecule is COc1ccc(N2C(=O)/C(=C/c3ccc(OC)c(Cl)c3)NC2=S)cc1. The fourth-order valence-electron chi connectivity index (χ4n) is 2.44. The molecule has 0 unspecified atom stereocenters. The van der Waals surface area contributed by atoms with Gasteiger partial charge in [-0.1, -0.05) is 17.7 Å². The first kappa shape index (κ1) is 17.3. The number of carbonyl (C=O) groups is 1. The Kier molecular flexibility index (Phi) is 4.92. The van der Waals surface area contributed by atoms with E-state index in [0.29, 0.717) is 33.0 Å². The molecule has 0 atom stereocenters. The molecule has 128 valence electrons. The van der Waals surface area contributed by atoms with Crippen LogP contribution in [0, 0.1) is 0 Å². The first-order valence-electron chi connectivity index (χ1n) is 7.38. The van der Waals surface area contributed by atoms with Gasteiger partial charge in [-0.3, -0.25) is 9.69 Å². The predicted octanol–water partition coefficient (Wildman–Crippen LogP) is 3.62. The van der Waals surface area contributed by atoms with Crippen molar-refractivity contribution in [2.45, 2.75) is 0 Å². The first-order chi connectivity index (χ1) is 12.0. The molecule has 25 heavy (non-hydrogen) atoms. The number of ether oxygens (including phenoxy) is 2. The van der Waals surface area contributed by atoms with Crippen LogP contribution in [0.2, 0.25) is 5.02 Å². The number of methoxy groups -OCH3 is 2. The molecule has 2 aromatic carbocycles. The molecule has 0 aromatic heterocycles. The van der Waals surface area contributed by atoms with Gasteiger partial charge in [0, 0.05) is 0 Å². The van der Waals surface area contributed by atoms with Crippen molar-refractivity contribution in [3.8, 4) is 11.5 Å². The van der Waals surface area contributed by atoms with Crippen LogP contribution in [0.4, 0.5) is 5.69 Å². The van der Waals surface area contributed by atoms with Crippen molar-refractivity contribution in [3.05, 3.63) is 58.7 Å². The molecular formula is C18H15ClN2O3S. The van der Waals surface area contributed by atoms with Gasteiger partial charge < -0.3 is 14.8 Å². The average molecular weight is 375 g/mol. The average Bonchev–Trinajstić information content (AvgIpc) is 2.89. The highest BCUT2D eigenvalue weighted by Crippen LogP contribution is 2.28. The number of halogens is 1. The number of hydrogen-bond acceptors (Lipinski definition) is 4. The summed E-state index contributed by atoms with van der Waals surface area (Å²) in [5.74, 6) is 1.05. The second-order valence-corrected chi connectivity index (χ2v) is 6.01. The smallest absolute Gasteiger partial charge is 0.281 e. The minimum Gasteiger partial charge on any atom is -0.497 e. The van der Waals surface area contributed by atoms with E-state index in [9.17, 15) is 4.79 Å². The lowest BCUT2D eigenvalue weighted by Crippen LogP contribution is -2.30. The van der Waals surface area contributed by atoms with E-state index in [4.69, 9.17) is 33.3 Å². The summed E-state index contributed by atoms with van der Waals surface area (Å²) < 4.78 is 10.3. The van der Waals surface area contributed by atoms with E-state index in [-0.39, 0.29) is 5.91 Å². The van der Waals surface area contributed by atoms with Crippen LogP contribution in [0.3, 0.4) is 0 Å². The molecule has 0 radical (unpaired) electrons. The molecule has 5 nitrogen and oxygen atoms in total. The Bertz CT molecular complexity index is 865. The number of benzene rings is 2.